The molecule has 5 heteroatoms. The molecule has 0 heterocycles. The van der Waals surface area contributed by atoms with Crippen LogP contribution in [-0.4, -0.2) is 31.9 Å². The second-order valence-electron chi connectivity index (χ2n) is 3.26. The van der Waals surface area contributed by atoms with Gasteiger partial charge in [-0.1, -0.05) is 0 Å². The van der Waals surface area contributed by atoms with Crippen molar-refractivity contribution in [1.82, 2.24) is 0 Å². The molecule has 0 spiro atoms. The Balaban J connectivity index is 3.00. The Kier molecular flexibility index (Phi) is 4.78. The Morgan fingerprint density at radius 2 is 2.06 bits per heavy atom. The number of aliphatic hydroxyl groups excluding tert-OH is 1. The minimum atomic E-state index is -1.35. The van der Waals surface area contributed by atoms with Gasteiger partial charge in [-0.15, -0.1) is 0 Å². The van der Waals surface area contributed by atoms with Crippen LogP contribution in [0.1, 0.15) is 18.6 Å². The summed E-state index contributed by atoms with van der Waals surface area (Å²) in [7, 11) is 2.98. The molecule has 1 rings (SSSR count). The van der Waals surface area contributed by atoms with Crippen LogP contribution in [0.4, 0.5) is 0 Å². The molecule has 1 N–H and O–H groups in total. The highest BCUT2D eigenvalue weighted by Crippen LogP contribution is 2.29. The summed E-state index contributed by atoms with van der Waals surface area (Å²) in [4.78, 5) is 11.4. The van der Waals surface area contributed by atoms with Crippen LogP contribution in [-0.2, 0) is 9.53 Å². The molecule has 1 atom stereocenters. The summed E-state index contributed by atoms with van der Waals surface area (Å²) in [6.07, 6.45) is -1.35. The predicted octanol–water partition coefficient (Wildman–Crippen LogP) is 1.30. The van der Waals surface area contributed by atoms with Crippen molar-refractivity contribution < 1.29 is 24.1 Å². The van der Waals surface area contributed by atoms with Gasteiger partial charge in [0.2, 0.25) is 0 Å². The number of hydrogen-bond acceptors (Lipinski definition) is 5. The molecule has 0 saturated carbocycles. The molecule has 0 amide bonds. The van der Waals surface area contributed by atoms with Crippen LogP contribution in [0.3, 0.4) is 0 Å². The first-order chi connectivity index (χ1) is 8.13. The summed E-state index contributed by atoms with van der Waals surface area (Å²) < 4.78 is 14.8. The summed E-state index contributed by atoms with van der Waals surface area (Å²) in [5.41, 5.74) is 0.353. The quantitative estimate of drug-likeness (QED) is 0.786. The summed E-state index contributed by atoms with van der Waals surface area (Å²) in [5, 5.41) is 9.80. The molecule has 0 aliphatic heterocycles. The molecule has 0 radical (unpaired) electrons. The highest BCUT2D eigenvalue weighted by Gasteiger charge is 2.22. The van der Waals surface area contributed by atoms with E-state index in [-0.39, 0.29) is 6.61 Å². The molecule has 1 unspecified atom stereocenters. The standard InChI is InChI=1S/C12H16O5/c1-4-17-12(14)11(13)9-6-5-8(15-2)7-10(9)16-3/h5-7,11,13H,4H2,1-3H3. The Morgan fingerprint density at radius 3 is 2.59 bits per heavy atom. The highest BCUT2D eigenvalue weighted by atomic mass is 16.5. The van der Waals surface area contributed by atoms with Crippen LogP contribution in [0, 0.1) is 0 Å². The summed E-state index contributed by atoms with van der Waals surface area (Å²) in [6, 6.07) is 4.80. The molecular weight excluding hydrogens is 224 g/mol. The van der Waals surface area contributed by atoms with E-state index in [0.29, 0.717) is 17.1 Å². The van der Waals surface area contributed by atoms with E-state index in [4.69, 9.17) is 14.2 Å². The molecule has 0 aromatic heterocycles. The summed E-state index contributed by atoms with van der Waals surface area (Å²) in [6.45, 7) is 1.89. The van der Waals surface area contributed by atoms with E-state index >= 15 is 0 Å². The fraction of sp³-hybridized carbons (Fsp3) is 0.417. The van der Waals surface area contributed by atoms with Crippen molar-refractivity contribution in [2.45, 2.75) is 13.0 Å². The fourth-order valence-electron chi connectivity index (χ4n) is 1.39. The van der Waals surface area contributed by atoms with Crippen molar-refractivity contribution in [2.24, 2.45) is 0 Å². The number of rotatable bonds is 5. The van der Waals surface area contributed by atoms with E-state index in [1.54, 1.807) is 25.1 Å². The van der Waals surface area contributed by atoms with Gasteiger partial charge in [0.1, 0.15) is 11.5 Å². The maximum atomic E-state index is 11.4. The third-order valence-corrected chi connectivity index (χ3v) is 2.25. The molecule has 0 fully saturated rings. The van der Waals surface area contributed by atoms with E-state index < -0.39 is 12.1 Å². The lowest BCUT2D eigenvalue weighted by Crippen LogP contribution is -2.16. The molecule has 1 aromatic carbocycles. The molecule has 0 aliphatic rings. The first-order valence-electron chi connectivity index (χ1n) is 5.20. The Labute approximate surface area is 99.9 Å². The van der Waals surface area contributed by atoms with E-state index in [1.165, 1.54) is 14.2 Å². The maximum absolute atomic E-state index is 11.4. The number of carbonyl (C=O) groups excluding carboxylic acids is 1. The van der Waals surface area contributed by atoms with Crippen molar-refractivity contribution in [2.75, 3.05) is 20.8 Å². The van der Waals surface area contributed by atoms with Gasteiger partial charge >= 0.3 is 5.97 Å². The number of ether oxygens (including phenoxy) is 3. The van der Waals surface area contributed by atoms with Gasteiger partial charge < -0.3 is 19.3 Å². The fourth-order valence-corrected chi connectivity index (χ4v) is 1.39. The summed E-state index contributed by atoms with van der Waals surface area (Å²) in [5.74, 6) is 0.266. The monoisotopic (exact) mass is 240 g/mol. The Bertz CT molecular complexity index is 388. The zero-order valence-electron chi connectivity index (χ0n) is 10.1. The van der Waals surface area contributed by atoms with Crippen LogP contribution in [0.2, 0.25) is 0 Å². The molecule has 0 saturated heterocycles. The smallest absolute Gasteiger partial charge is 0.339 e. The van der Waals surface area contributed by atoms with E-state index in [0.717, 1.165) is 0 Å². The van der Waals surface area contributed by atoms with Crippen LogP contribution in [0.5, 0.6) is 11.5 Å². The van der Waals surface area contributed by atoms with Crippen LogP contribution < -0.4 is 9.47 Å². The average Bonchev–Trinajstić information content (AvgIpc) is 2.37. The molecule has 17 heavy (non-hydrogen) atoms. The number of carbonyl (C=O) groups is 1. The third kappa shape index (κ3) is 3.10. The van der Waals surface area contributed by atoms with Crippen LogP contribution in [0.25, 0.3) is 0 Å². The number of aliphatic hydroxyl groups is 1. The van der Waals surface area contributed by atoms with Gasteiger partial charge in [-0.3, -0.25) is 0 Å². The molecule has 1 aromatic rings. The second-order valence-corrected chi connectivity index (χ2v) is 3.26. The van der Waals surface area contributed by atoms with Crippen LogP contribution in [0.15, 0.2) is 18.2 Å². The van der Waals surface area contributed by atoms with Gasteiger partial charge in [-0.2, -0.15) is 0 Å². The first kappa shape index (κ1) is 13.3. The minimum absolute atomic E-state index is 0.217. The lowest BCUT2D eigenvalue weighted by Gasteiger charge is -2.14. The maximum Gasteiger partial charge on any atom is 0.339 e. The van der Waals surface area contributed by atoms with Crippen molar-refractivity contribution >= 4 is 5.97 Å². The number of methoxy groups -OCH3 is 2. The molecular formula is C12H16O5. The first-order valence-corrected chi connectivity index (χ1v) is 5.20. The van der Waals surface area contributed by atoms with Gasteiger partial charge in [-0.25, -0.2) is 4.79 Å². The van der Waals surface area contributed by atoms with Gasteiger partial charge in [0, 0.05) is 11.6 Å². The van der Waals surface area contributed by atoms with Gasteiger partial charge in [-0.05, 0) is 19.1 Å². The lowest BCUT2D eigenvalue weighted by atomic mass is 10.1. The lowest BCUT2D eigenvalue weighted by molar-refractivity contribution is -0.153. The SMILES string of the molecule is CCOC(=O)C(O)c1ccc(OC)cc1OC. The predicted molar refractivity (Wildman–Crippen MR) is 61.1 cm³/mol. The molecule has 94 valence electrons. The van der Waals surface area contributed by atoms with Crippen LogP contribution >= 0.6 is 0 Å². The number of hydrogen-bond donors (Lipinski definition) is 1. The zero-order chi connectivity index (χ0) is 12.8. The van der Waals surface area contributed by atoms with Crippen molar-refractivity contribution in [3.05, 3.63) is 23.8 Å². The zero-order valence-corrected chi connectivity index (χ0v) is 10.1. The third-order valence-electron chi connectivity index (χ3n) is 2.25. The largest absolute Gasteiger partial charge is 0.497 e. The average molecular weight is 240 g/mol. The Hall–Kier alpha value is -1.75. The van der Waals surface area contributed by atoms with Gasteiger partial charge in [0.15, 0.2) is 6.10 Å². The van der Waals surface area contributed by atoms with Crippen molar-refractivity contribution in [3.63, 3.8) is 0 Å². The van der Waals surface area contributed by atoms with Crippen molar-refractivity contribution in [3.8, 4) is 11.5 Å². The second kappa shape index (κ2) is 6.10. The number of benzene rings is 1. The molecule has 0 bridgehead atoms. The number of esters is 1. The molecule has 5 nitrogen and oxygen atoms in total. The normalized spacial score (nSPS) is 11.8. The highest BCUT2D eigenvalue weighted by molar-refractivity contribution is 5.77. The van der Waals surface area contributed by atoms with E-state index in [2.05, 4.69) is 0 Å². The minimum Gasteiger partial charge on any atom is -0.497 e. The van der Waals surface area contributed by atoms with E-state index in [9.17, 15) is 9.90 Å². The van der Waals surface area contributed by atoms with Gasteiger partial charge in [0.25, 0.3) is 0 Å². The molecule has 0 aliphatic carbocycles. The summed E-state index contributed by atoms with van der Waals surface area (Å²) >= 11 is 0. The topological polar surface area (TPSA) is 65.0 Å². The van der Waals surface area contributed by atoms with Gasteiger partial charge in [0.05, 0.1) is 20.8 Å². The Morgan fingerprint density at radius 1 is 1.35 bits per heavy atom. The van der Waals surface area contributed by atoms with E-state index in [1.807, 2.05) is 0 Å². The van der Waals surface area contributed by atoms with Crippen molar-refractivity contribution in [1.29, 1.82) is 0 Å².